The standard InChI is InChI=1S/C14H19NO5/c1-3-19-12(16)14(18,13(17)20-4-2)8-5-11-6-9-15-10-7-11/h6-7,9-10,18H,3-5,8H2,1-2H3. The molecule has 1 N–H and O–H groups in total. The first-order valence-electron chi connectivity index (χ1n) is 6.50. The molecule has 0 atom stereocenters. The third-order valence-corrected chi connectivity index (χ3v) is 2.75. The third-order valence-electron chi connectivity index (χ3n) is 2.75. The van der Waals surface area contributed by atoms with Crippen molar-refractivity contribution >= 4 is 11.9 Å². The van der Waals surface area contributed by atoms with Gasteiger partial charge in [0, 0.05) is 18.8 Å². The summed E-state index contributed by atoms with van der Waals surface area (Å²) in [5.41, 5.74) is -1.41. The van der Waals surface area contributed by atoms with Crippen molar-refractivity contribution in [2.75, 3.05) is 13.2 Å². The molecule has 20 heavy (non-hydrogen) atoms. The first-order valence-corrected chi connectivity index (χ1v) is 6.50. The van der Waals surface area contributed by atoms with Crippen LogP contribution in [0.5, 0.6) is 0 Å². The molecule has 0 saturated heterocycles. The Kier molecular flexibility index (Phi) is 6.11. The van der Waals surface area contributed by atoms with E-state index < -0.39 is 17.5 Å². The van der Waals surface area contributed by atoms with Crippen LogP contribution in [0.4, 0.5) is 0 Å². The molecular weight excluding hydrogens is 262 g/mol. The van der Waals surface area contributed by atoms with Gasteiger partial charge < -0.3 is 14.6 Å². The van der Waals surface area contributed by atoms with Gasteiger partial charge in [0.2, 0.25) is 0 Å². The molecule has 1 heterocycles. The molecule has 0 aromatic carbocycles. The van der Waals surface area contributed by atoms with E-state index in [1.165, 1.54) is 0 Å². The van der Waals surface area contributed by atoms with E-state index in [1.807, 2.05) is 0 Å². The Hall–Kier alpha value is -1.95. The first kappa shape index (κ1) is 16.1. The summed E-state index contributed by atoms with van der Waals surface area (Å²) < 4.78 is 9.52. The Morgan fingerprint density at radius 2 is 1.65 bits per heavy atom. The average molecular weight is 281 g/mol. The van der Waals surface area contributed by atoms with Crippen LogP contribution in [0.2, 0.25) is 0 Å². The summed E-state index contributed by atoms with van der Waals surface area (Å²) in [6.45, 7) is 3.37. The van der Waals surface area contributed by atoms with Crippen LogP contribution >= 0.6 is 0 Å². The maximum absolute atomic E-state index is 11.8. The van der Waals surface area contributed by atoms with Gasteiger partial charge in [0.15, 0.2) is 0 Å². The Morgan fingerprint density at radius 3 is 2.10 bits per heavy atom. The van der Waals surface area contributed by atoms with E-state index in [-0.39, 0.29) is 19.6 Å². The Bertz CT molecular complexity index is 428. The molecule has 1 rings (SSSR count). The van der Waals surface area contributed by atoms with Crippen LogP contribution in [0.1, 0.15) is 25.8 Å². The van der Waals surface area contributed by atoms with E-state index in [1.54, 1.807) is 38.4 Å². The van der Waals surface area contributed by atoms with Gasteiger partial charge in [0.1, 0.15) is 0 Å². The van der Waals surface area contributed by atoms with Crippen LogP contribution in [-0.4, -0.2) is 40.8 Å². The fraction of sp³-hybridized carbons (Fsp3) is 0.500. The molecule has 1 aromatic heterocycles. The van der Waals surface area contributed by atoms with Crippen molar-refractivity contribution in [2.45, 2.75) is 32.3 Å². The molecule has 1 aromatic rings. The van der Waals surface area contributed by atoms with Crippen molar-refractivity contribution < 1.29 is 24.2 Å². The van der Waals surface area contributed by atoms with Gasteiger partial charge in [0.05, 0.1) is 13.2 Å². The number of ether oxygens (including phenoxy) is 2. The maximum atomic E-state index is 11.8. The lowest BCUT2D eigenvalue weighted by Crippen LogP contribution is -2.49. The van der Waals surface area contributed by atoms with E-state index in [4.69, 9.17) is 9.47 Å². The molecule has 0 aliphatic rings. The second-order valence-corrected chi connectivity index (χ2v) is 4.16. The normalized spacial score (nSPS) is 10.9. The topological polar surface area (TPSA) is 85.7 Å². The number of nitrogens with zero attached hydrogens (tertiary/aromatic N) is 1. The van der Waals surface area contributed by atoms with Gasteiger partial charge in [-0.3, -0.25) is 4.98 Å². The number of hydrogen-bond donors (Lipinski definition) is 1. The summed E-state index contributed by atoms with van der Waals surface area (Å²) in [6.07, 6.45) is 3.43. The van der Waals surface area contributed by atoms with Crippen molar-refractivity contribution in [3.05, 3.63) is 30.1 Å². The van der Waals surface area contributed by atoms with Crippen LogP contribution < -0.4 is 0 Å². The monoisotopic (exact) mass is 281 g/mol. The molecule has 6 heteroatoms. The number of pyridine rings is 1. The predicted octanol–water partition coefficient (Wildman–Crippen LogP) is 0.871. The quantitative estimate of drug-likeness (QED) is 0.589. The molecule has 0 fully saturated rings. The number of rotatable bonds is 7. The second kappa shape index (κ2) is 7.59. The molecule has 0 aliphatic heterocycles. The highest BCUT2D eigenvalue weighted by Crippen LogP contribution is 2.18. The molecule has 0 aliphatic carbocycles. The number of carbonyl (C=O) groups excluding carboxylic acids is 2. The minimum atomic E-state index is -2.27. The summed E-state index contributed by atoms with van der Waals surface area (Å²) >= 11 is 0. The number of esters is 2. The van der Waals surface area contributed by atoms with Gasteiger partial charge in [-0.05, 0) is 38.0 Å². The van der Waals surface area contributed by atoms with Gasteiger partial charge >= 0.3 is 11.9 Å². The predicted molar refractivity (Wildman–Crippen MR) is 70.8 cm³/mol. The molecule has 0 unspecified atom stereocenters. The zero-order chi connectivity index (χ0) is 15.0. The molecular formula is C14H19NO5. The van der Waals surface area contributed by atoms with Crippen LogP contribution in [-0.2, 0) is 25.5 Å². The molecule has 0 saturated carbocycles. The first-order chi connectivity index (χ1) is 9.54. The number of aromatic nitrogens is 1. The highest BCUT2D eigenvalue weighted by atomic mass is 16.6. The van der Waals surface area contributed by atoms with Gasteiger partial charge in [-0.2, -0.15) is 0 Å². The Morgan fingerprint density at radius 1 is 1.15 bits per heavy atom. The lowest BCUT2D eigenvalue weighted by molar-refractivity contribution is -0.184. The van der Waals surface area contributed by atoms with E-state index >= 15 is 0 Å². The highest BCUT2D eigenvalue weighted by Gasteiger charge is 2.46. The van der Waals surface area contributed by atoms with Gasteiger partial charge in [-0.1, -0.05) is 0 Å². The summed E-state index contributed by atoms with van der Waals surface area (Å²) in [5.74, 6) is -1.96. The summed E-state index contributed by atoms with van der Waals surface area (Å²) in [7, 11) is 0. The number of aryl methyl sites for hydroxylation is 1. The lowest BCUT2D eigenvalue weighted by atomic mass is 9.95. The van der Waals surface area contributed by atoms with Crippen LogP contribution in [0.15, 0.2) is 24.5 Å². The second-order valence-electron chi connectivity index (χ2n) is 4.16. The van der Waals surface area contributed by atoms with E-state index in [2.05, 4.69) is 4.98 Å². The van der Waals surface area contributed by atoms with E-state index in [9.17, 15) is 14.7 Å². The third kappa shape index (κ3) is 4.03. The SMILES string of the molecule is CCOC(=O)C(O)(CCc1ccncc1)C(=O)OCC. The molecule has 0 radical (unpaired) electrons. The summed E-state index contributed by atoms with van der Waals surface area (Å²) in [6, 6.07) is 3.49. The fourth-order valence-electron chi connectivity index (χ4n) is 1.66. The molecule has 110 valence electrons. The largest absolute Gasteiger partial charge is 0.463 e. The zero-order valence-electron chi connectivity index (χ0n) is 11.7. The average Bonchev–Trinajstić information content (AvgIpc) is 2.46. The number of aliphatic hydroxyl groups is 1. The molecule has 0 amide bonds. The molecule has 0 bridgehead atoms. The van der Waals surface area contributed by atoms with Crippen molar-refractivity contribution in [1.29, 1.82) is 0 Å². The molecule has 6 nitrogen and oxygen atoms in total. The van der Waals surface area contributed by atoms with Crippen molar-refractivity contribution in [2.24, 2.45) is 0 Å². The van der Waals surface area contributed by atoms with Crippen LogP contribution in [0.25, 0.3) is 0 Å². The van der Waals surface area contributed by atoms with E-state index in [0.29, 0.717) is 6.42 Å². The van der Waals surface area contributed by atoms with Crippen molar-refractivity contribution in [1.82, 2.24) is 4.98 Å². The van der Waals surface area contributed by atoms with Crippen molar-refractivity contribution in [3.63, 3.8) is 0 Å². The minimum Gasteiger partial charge on any atom is -0.463 e. The van der Waals surface area contributed by atoms with Gasteiger partial charge in [-0.25, -0.2) is 9.59 Å². The molecule has 0 spiro atoms. The van der Waals surface area contributed by atoms with Crippen LogP contribution in [0.3, 0.4) is 0 Å². The van der Waals surface area contributed by atoms with Crippen molar-refractivity contribution in [3.8, 4) is 0 Å². The van der Waals surface area contributed by atoms with E-state index in [0.717, 1.165) is 5.56 Å². The van der Waals surface area contributed by atoms with Gasteiger partial charge in [-0.15, -0.1) is 0 Å². The minimum absolute atomic E-state index is 0.0792. The van der Waals surface area contributed by atoms with Gasteiger partial charge in [0.25, 0.3) is 5.60 Å². The number of hydrogen-bond acceptors (Lipinski definition) is 6. The zero-order valence-corrected chi connectivity index (χ0v) is 11.7. The number of carbonyl (C=O) groups is 2. The Balaban J connectivity index is 2.82. The summed E-state index contributed by atoms with van der Waals surface area (Å²) in [4.78, 5) is 27.5. The fourth-order valence-corrected chi connectivity index (χ4v) is 1.66. The summed E-state index contributed by atoms with van der Waals surface area (Å²) in [5, 5.41) is 10.3. The maximum Gasteiger partial charge on any atom is 0.350 e. The smallest absolute Gasteiger partial charge is 0.350 e. The highest BCUT2D eigenvalue weighted by molar-refractivity contribution is 6.03. The van der Waals surface area contributed by atoms with Crippen LogP contribution in [0, 0.1) is 0 Å². The lowest BCUT2D eigenvalue weighted by Gasteiger charge is -2.23. The Labute approximate surface area is 117 Å².